The minimum absolute atomic E-state index is 0.101. The van der Waals surface area contributed by atoms with Crippen LogP contribution in [0.5, 0.6) is 0 Å². The summed E-state index contributed by atoms with van der Waals surface area (Å²) in [7, 11) is 0. The van der Waals surface area contributed by atoms with Crippen LogP contribution in [0.2, 0.25) is 0 Å². The lowest BCUT2D eigenvalue weighted by molar-refractivity contribution is -0.385. The molecule has 0 radical (unpaired) electrons. The number of rotatable bonds is 3. The summed E-state index contributed by atoms with van der Waals surface area (Å²) in [5, 5.41) is 11.0. The maximum Gasteiger partial charge on any atom is 0.416 e. The van der Waals surface area contributed by atoms with Gasteiger partial charge >= 0.3 is 6.18 Å². The molecule has 114 valence electrons. The van der Waals surface area contributed by atoms with E-state index in [9.17, 15) is 23.3 Å². The molecule has 0 saturated carbocycles. The van der Waals surface area contributed by atoms with E-state index in [0.717, 1.165) is 12.1 Å². The number of nitro benzene ring substituents is 1. The van der Waals surface area contributed by atoms with Gasteiger partial charge in [-0.25, -0.2) is 0 Å². The first-order valence-corrected chi connectivity index (χ1v) is 6.24. The van der Waals surface area contributed by atoms with Gasteiger partial charge in [0.1, 0.15) is 0 Å². The summed E-state index contributed by atoms with van der Waals surface area (Å²) in [5.74, 6) is 0. The molecule has 0 N–H and O–H groups in total. The molecule has 0 aliphatic heterocycles. The number of benzene rings is 2. The Kier molecular flexibility index (Phi) is 4.25. The van der Waals surface area contributed by atoms with Gasteiger partial charge in [-0.3, -0.25) is 15.1 Å². The largest absolute Gasteiger partial charge is 0.416 e. The van der Waals surface area contributed by atoms with Gasteiger partial charge < -0.3 is 0 Å². The fourth-order valence-electron chi connectivity index (χ4n) is 1.87. The molecule has 0 spiro atoms. The highest BCUT2D eigenvalue weighted by Crippen LogP contribution is 2.30. The van der Waals surface area contributed by atoms with Crippen molar-refractivity contribution in [1.29, 1.82) is 0 Å². The first-order chi connectivity index (χ1) is 10.3. The SMILES string of the molecule is Cc1cccc([N+](=O)[O-])c1C=Nc1ccc(C(F)(F)F)cc1. The number of hydrogen-bond donors (Lipinski definition) is 0. The summed E-state index contributed by atoms with van der Waals surface area (Å²) in [6.45, 7) is 1.70. The first kappa shape index (κ1) is 15.7. The first-order valence-electron chi connectivity index (χ1n) is 6.24. The highest BCUT2D eigenvalue weighted by atomic mass is 19.4. The predicted molar refractivity (Wildman–Crippen MR) is 76.5 cm³/mol. The summed E-state index contributed by atoms with van der Waals surface area (Å²) in [4.78, 5) is 14.4. The van der Waals surface area contributed by atoms with Crippen LogP contribution in [0.25, 0.3) is 0 Å². The maximum atomic E-state index is 12.5. The molecule has 0 atom stereocenters. The average Bonchev–Trinajstić information content (AvgIpc) is 2.45. The van der Waals surface area contributed by atoms with E-state index in [0.29, 0.717) is 11.1 Å². The predicted octanol–water partition coefficient (Wildman–Crippen LogP) is 4.67. The van der Waals surface area contributed by atoms with Crippen LogP contribution >= 0.6 is 0 Å². The molecule has 2 aromatic rings. The third-order valence-corrected chi connectivity index (χ3v) is 3.04. The zero-order valence-corrected chi connectivity index (χ0v) is 11.5. The minimum atomic E-state index is -4.41. The van der Waals surface area contributed by atoms with Gasteiger partial charge in [-0.05, 0) is 36.8 Å². The third-order valence-electron chi connectivity index (χ3n) is 3.04. The molecule has 0 aliphatic carbocycles. The Morgan fingerprint density at radius 3 is 2.32 bits per heavy atom. The van der Waals surface area contributed by atoms with E-state index in [4.69, 9.17) is 0 Å². The Hall–Kier alpha value is -2.70. The minimum Gasteiger partial charge on any atom is -0.258 e. The normalized spacial score (nSPS) is 11.8. The molecular weight excluding hydrogens is 297 g/mol. The average molecular weight is 308 g/mol. The van der Waals surface area contributed by atoms with E-state index in [-0.39, 0.29) is 11.4 Å². The van der Waals surface area contributed by atoms with Gasteiger partial charge in [-0.2, -0.15) is 13.2 Å². The molecule has 0 saturated heterocycles. The molecule has 0 unspecified atom stereocenters. The summed E-state index contributed by atoms with van der Waals surface area (Å²) >= 11 is 0. The molecule has 0 heterocycles. The van der Waals surface area contributed by atoms with Gasteiger partial charge in [0, 0.05) is 12.3 Å². The Morgan fingerprint density at radius 2 is 1.77 bits per heavy atom. The molecule has 0 aromatic heterocycles. The lowest BCUT2D eigenvalue weighted by Gasteiger charge is -2.06. The second-order valence-corrected chi connectivity index (χ2v) is 4.57. The molecule has 22 heavy (non-hydrogen) atoms. The summed E-state index contributed by atoms with van der Waals surface area (Å²) in [6, 6.07) is 8.86. The number of alkyl halides is 3. The molecule has 2 aromatic carbocycles. The lowest BCUT2D eigenvalue weighted by Crippen LogP contribution is -2.03. The number of nitrogens with zero attached hydrogens (tertiary/aromatic N) is 2. The van der Waals surface area contributed by atoms with Gasteiger partial charge in [0.2, 0.25) is 0 Å². The monoisotopic (exact) mass is 308 g/mol. The van der Waals surface area contributed by atoms with Gasteiger partial charge in [-0.15, -0.1) is 0 Å². The summed E-state index contributed by atoms with van der Waals surface area (Å²) in [6.07, 6.45) is -3.12. The van der Waals surface area contributed by atoms with Crippen molar-refractivity contribution >= 4 is 17.6 Å². The Labute approximate surface area is 124 Å². The smallest absolute Gasteiger partial charge is 0.258 e. The summed E-state index contributed by atoms with van der Waals surface area (Å²) < 4.78 is 37.4. The Morgan fingerprint density at radius 1 is 1.14 bits per heavy atom. The fourth-order valence-corrected chi connectivity index (χ4v) is 1.87. The number of aliphatic imine (C=N–C) groups is 1. The molecule has 0 fully saturated rings. The van der Waals surface area contributed by atoms with Crippen molar-refractivity contribution in [2.45, 2.75) is 13.1 Å². The van der Waals surface area contributed by atoms with E-state index in [2.05, 4.69) is 4.99 Å². The van der Waals surface area contributed by atoms with Crippen molar-refractivity contribution < 1.29 is 18.1 Å². The van der Waals surface area contributed by atoms with Crippen molar-refractivity contribution in [3.05, 3.63) is 69.3 Å². The van der Waals surface area contributed by atoms with Crippen LogP contribution in [-0.2, 0) is 6.18 Å². The quantitative estimate of drug-likeness (QED) is 0.470. The van der Waals surface area contributed by atoms with Gasteiger partial charge in [0.05, 0.1) is 21.7 Å². The van der Waals surface area contributed by atoms with E-state index in [1.54, 1.807) is 19.1 Å². The van der Waals surface area contributed by atoms with Crippen LogP contribution in [0.1, 0.15) is 16.7 Å². The highest BCUT2D eigenvalue weighted by molar-refractivity contribution is 5.88. The lowest BCUT2D eigenvalue weighted by atomic mass is 10.1. The van der Waals surface area contributed by atoms with E-state index in [1.165, 1.54) is 24.4 Å². The van der Waals surface area contributed by atoms with Gasteiger partial charge in [-0.1, -0.05) is 12.1 Å². The molecule has 7 heteroatoms. The standard InChI is InChI=1S/C15H11F3N2O2/c1-10-3-2-4-14(20(21)22)13(10)9-19-12-7-5-11(6-8-12)15(16,17)18/h2-9H,1H3. The Balaban J connectivity index is 2.32. The van der Waals surface area contributed by atoms with Crippen molar-refractivity contribution in [3.8, 4) is 0 Å². The number of hydrogen-bond acceptors (Lipinski definition) is 3. The van der Waals surface area contributed by atoms with Crippen LogP contribution < -0.4 is 0 Å². The molecule has 0 amide bonds. The van der Waals surface area contributed by atoms with Crippen LogP contribution in [0.4, 0.5) is 24.5 Å². The zero-order valence-electron chi connectivity index (χ0n) is 11.5. The van der Waals surface area contributed by atoms with Crippen molar-refractivity contribution in [1.82, 2.24) is 0 Å². The Bertz CT molecular complexity index is 723. The van der Waals surface area contributed by atoms with E-state index < -0.39 is 16.7 Å². The fraction of sp³-hybridized carbons (Fsp3) is 0.133. The second-order valence-electron chi connectivity index (χ2n) is 4.57. The van der Waals surface area contributed by atoms with Gasteiger partial charge in [0.25, 0.3) is 5.69 Å². The van der Waals surface area contributed by atoms with Crippen molar-refractivity contribution in [2.24, 2.45) is 4.99 Å². The molecule has 4 nitrogen and oxygen atoms in total. The second kappa shape index (κ2) is 5.97. The number of aryl methyl sites for hydroxylation is 1. The van der Waals surface area contributed by atoms with Crippen LogP contribution in [0, 0.1) is 17.0 Å². The third kappa shape index (κ3) is 3.49. The van der Waals surface area contributed by atoms with Crippen LogP contribution in [-0.4, -0.2) is 11.1 Å². The van der Waals surface area contributed by atoms with Crippen molar-refractivity contribution in [3.63, 3.8) is 0 Å². The van der Waals surface area contributed by atoms with E-state index in [1.807, 2.05) is 0 Å². The molecule has 2 rings (SSSR count). The molecular formula is C15H11F3N2O2. The topological polar surface area (TPSA) is 55.5 Å². The molecule has 0 aliphatic rings. The number of nitro groups is 1. The summed E-state index contributed by atoms with van der Waals surface area (Å²) in [5.41, 5.74) is 0.395. The van der Waals surface area contributed by atoms with Gasteiger partial charge in [0.15, 0.2) is 0 Å². The zero-order chi connectivity index (χ0) is 16.3. The van der Waals surface area contributed by atoms with Crippen LogP contribution in [0.15, 0.2) is 47.5 Å². The molecule has 0 bridgehead atoms. The van der Waals surface area contributed by atoms with Crippen molar-refractivity contribution in [2.75, 3.05) is 0 Å². The maximum absolute atomic E-state index is 12.5. The number of halogens is 3. The van der Waals surface area contributed by atoms with Crippen LogP contribution in [0.3, 0.4) is 0 Å². The highest BCUT2D eigenvalue weighted by Gasteiger charge is 2.29. The van der Waals surface area contributed by atoms with E-state index >= 15 is 0 Å².